The van der Waals surface area contributed by atoms with E-state index in [1.54, 1.807) is 12.1 Å². The van der Waals surface area contributed by atoms with Crippen LogP contribution in [-0.4, -0.2) is 43.1 Å². The molecule has 7 aromatic rings. The fraction of sp³-hybridized carbons (Fsp3) is 0.132. The summed E-state index contributed by atoms with van der Waals surface area (Å²) in [6.45, 7) is 0.563. The van der Waals surface area contributed by atoms with Gasteiger partial charge < -0.3 is 15.2 Å². The number of rotatable bonds is 12. The number of fused-ring (bicyclic) bond motifs is 2. The third kappa shape index (κ3) is 8.64. The molecule has 8 nitrogen and oxygen atoms in total. The monoisotopic (exact) mass is 754 g/mol. The molecule has 0 radical (unpaired) electrons. The Morgan fingerprint density at radius 1 is 0.750 bits per heavy atom. The fourth-order valence-corrected chi connectivity index (χ4v) is 8.23. The highest BCUT2D eigenvalue weighted by atomic mass is 32.2. The molecule has 0 aliphatic heterocycles. The van der Waals surface area contributed by atoms with Crippen LogP contribution in [-0.2, 0) is 28.7 Å². The SMILES string of the molecule is O=C(CSc1nc2ccc(NC(=O)CSc3nnc(Cc4cccc5ccccc45)n3Cc3ccccc3)cc2s1)Nc1cccc(C(F)(F)F)c1. The molecule has 0 bridgehead atoms. The first-order chi connectivity index (χ1) is 25.2. The lowest BCUT2D eigenvalue weighted by Crippen LogP contribution is -2.15. The summed E-state index contributed by atoms with van der Waals surface area (Å²) in [5.74, 6) is 0.230. The molecule has 0 atom stereocenters. The minimum absolute atomic E-state index is 0.0323. The lowest BCUT2D eigenvalue weighted by atomic mass is 10.0. The number of anilines is 2. The first-order valence-electron chi connectivity index (χ1n) is 16.0. The minimum atomic E-state index is -4.50. The summed E-state index contributed by atoms with van der Waals surface area (Å²) in [6, 6.07) is 34.4. The van der Waals surface area contributed by atoms with Crippen LogP contribution in [0.5, 0.6) is 0 Å². The van der Waals surface area contributed by atoms with Gasteiger partial charge in [0.15, 0.2) is 9.50 Å². The average Bonchev–Trinajstić information content (AvgIpc) is 3.73. The Bertz CT molecular complexity index is 2370. The Morgan fingerprint density at radius 2 is 1.46 bits per heavy atom. The summed E-state index contributed by atoms with van der Waals surface area (Å²) >= 11 is 3.85. The number of carbonyl (C=O) groups excluding carboxylic acids is 2. The molecule has 0 saturated heterocycles. The van der Waals surface area contributed by atoms with Crippen LogP contribution in [0.4, 0.5) is 24.5 Å². The summed E-state index contributed by atoms with van der Waals surface area (Å²) in [7, 11) is 0. The fourth-order valence-electron chi connectivity index (χ4n) is 5.57. The Hall–Kier alpha value is -5.18. The number of benzene rings is 5. The number of carbonyl (C=O) groups is 2. The molecule has 0 fully saturated rings. The van der Waals surface area contributed by atoms with Gasteiger partial charge in [0, 0.05) is 17.8 Å². The lowest BCUT2D eigenvalue weighted by molar-refractivity contribution is -0.137. The molecule has 0 unspecified atom stereocenters. The summed E-state index contributed by atoms with van der Waals surface area (Å²) in [4.78, 5) is 30.1. The van der Waals surface area contributed by atoms with Crippen LogP contribution >= 0.6 is 34.9 Å². The normalized spacial score (nSPS) is 11.6. The smallest absolute Gasteiger partial charge is 0.325 e. The maximum Gasteiger partial charge on any atom is 0.416 e. The summed E-state index contributed by atoms with van der Waals surface area (Å²) < 4.78 is 42.5. The van der Waals surface area contributed by atoms with Crippen LogP contribution in [0, 0.1) is 0 Å². The van der Waals surface area contributed by atoms with Crippen molar-refractivity contribution in [3.05, 3.63) is 138 Å². The maximum absolute atomic E-state index is 13.1. The van der Waals surface area contributed by atoms with Gasteiger partial charge >= 0.3 is 6.18 Å². The van der Waals surface area contributed by atoms with Crippen LogP contribution in [0.15, 0.2) is 125 Å². The van der Waals surface area contributed by atoms with Crippen LogP contribution < -0.4 is 10.6 Å². The predicted octanol–water partition coefficient (Wildman–Crippen LogP) is 9.16. The lowest BCUT2D eigenvalue weighted by Gasteiger charge is -2.12. The number of alkyl halides is 3. The van der Waals surface area contributed by atoms with Gasteiger partial charge in [-0.2, -0.15) is 13.2 Å². The zero-order valence-electron chi connectivity index (χ0n) is 27.3. The molecule has 2 heterocycles. The van der Waals surface area contributed by atoms with Gasteiger partial charge in [0.05, 0.1) is 33.8 Å². The zero-order chi connectivity index (χ0) is 36.1. The molecule has 0 aliphatic carbocycles. The van der Waals surface area contributed by atoms with Crippen LogP contribution in [0.3, 0.4) is 0 Å². The Morgan fingerprint density at radius 3 is 2.27 bits per heavy atom. The second-order valence-corrected chi connectivity index (χ2v) is 14.9. The number of thiazole rings is 1. The Kier molecular flexibility index (Phi) is 10.6. The number of nitrogens with one attached hydrogen (secondary N) is 2. The highest BCUT2D eigenvalue weighted by Gasteiger charge is 2.30. The molecule has 262 valence electrons. The molecule has 2 aromatic heterocycles. The van der Waals surface area contributed by atoms with Gasteiger partial charge in [-0.25, -0.2) is 4.98 Å². The van der Waals surface area contributed by atoms with Gasteiger partial charge in [-0.3, -0.25) is 9.59 Å². The molecule has 5 aromatic carbocycles. The molecule has 7 rings (SSSR count). The van der Waals surface area contributed by atoms with Crippen LogP contribution in [0.1, 0.15) is 22.5 Å². The van der Waals surface area contributed by atoms with Crippen molar-refractivity contribution in [2.24, 2.45) is 0 Å². The topological polar surface area (TPSA) is 102 Å². The molecule has 52 heavy (non-hydrogen) atoms. The van der Waals surface area contributed by atoms with Crippen molar-refractivity contribution in [3.63, 3.8) is 0 Å². The first kappa shape index (κ1) is 35.2. The number of thioether (sulfide) groups is 2. The van der Waals surface area contributed by atoms with E-state index in [0.29, 0.717) is 33.7 Å². The second kappa shape index (κ2) is 15.6. The van der Waals surface area contributed by atoms with Crippen LogP contribution in [0.25, 0.3) is 21.0 Å². The third-order valence-electron chi connectivity index (χ3n) is 7.99. The van der Waals surface area contributed by atoms with Crippen LogP contribution in [0.2, 0.25) is 0 Å². The van der Waals surface area contributed by atoms with E-state index in [1.807, 2.05) is 42.5 Å². The van der Waals surface area contributed by atoms with Crippen molar-refractivity contribution in [3.8, 4) is 0 Å². The number of halogens is 3. The minimum Gasteiger partial charge on any atom is -0.325 e. The third-order valence-corrected chi connectivity index (χ3v) is 11.1. The maximum atomic E-state index is 13.1. The molecular weight excluding hydrogens is 726 g/mol. The van der Waals surface area contributed by atoms with E-state index in [-0.39, 0.29) is 23.1 Å². The molecule has 0 aliphatic rings. The quantitative estimate of drug-likeness (QED) is 0.120. The van der Waals surface area contributed by atoms with Gasteiger partial charge in [0.1, 0.15) is 5.82 Å². The van der Waals surface area contributed by atoms with Crippen molar-refractivity contribution < 1.29 is 22.8 Å². The number of aromatic nitrogens is 4. The van der Waals surface area contributed by atoms with E-state index in [1.165, 1.54) is 47.0 Å². The number of nitrogens with zero attached hydrogens (tertiary/aromatic N) is 4. The van der Waals surface area contributed by atoms with Crippen molar-refractivity contribution >= 4 is 79.0 Å². The Balaban J connectivity index is 0.983. The van der Waals surface area contributed by atoms with Gasteiger partial charge in [0.25, 0.3) is 0 Å². The number of hydrogen-bond donors (Lipinski definition) is 2. The van der Waals surface area contributed by atoms with E-state index >= 15 is 0 Å². The second-order valence-electron chi connectivity index (χ2n) is 11.7. The van der Waals surface area contributed by atoms with E-state index in [0.717, 1.165) is 44.6 Å². The van der Waals surface area contributed by atoms with E-state index in [2.05, 4.69) is 66.8 Å². The number of amides is 2. The van der Waals surface area contributed by atoms with Crippen molar-refractivity contribution in [1.29, 1.82) is 0 Å². The molecular formula is C38H29F3N6O2S3. The summed E-state index contributed by atoms with van der Waals surface area (Å²) in [5.41, 5.74) is 2.78. The zero-order valence-corrected chi connectivity index (χ0v) is 29.7. The van der Waals surface area contributed by atoms with Crippen molar-refractivity contribution in [1.82, 2.24) is 19.7 Å². The Labute approximate surface area is 308 Å². The number of hydrogen-bond acceptors (Lipinski definition) is 8. The van der Waals surface area contributed by atoms with E-state index in [9.17, 15) is 22.8 Å². The summed E-state index contributed by atoms with van der Waals surface area (Å²) in [5, 5.41) is 17.5. The standard InChI is InChI=1S/C38H29F3N6O2S3/c39-38(40,41)27-13-7-14-28(19-27)42-35(49)23-51-37-44-31-17-16-29(20-32(31)52-37)43-34(48)22-50-36-46-45-33(47(36)21-24-8-2-1-3-9-24)18-26-12-6-11-25-10-4-5-15-30(25)26/h1-17,19-20H,18,21-23H2,(H,42,49)(H,43,48). The largest absolute Gasteiger partial charge is 0.416 e. The van der Waals surface area contributed by atoms with Gasteiger partial charge in [-0.05, 0) is 58.3 Å². The highest BCUT2D eigenvalue weighted by Crippen LogP contribution is 2.33. The van der Waals surface area contributed by atoms with Gasteiger partial charge in [-0.1, -0.05) is 102 Å². The summed E-state index contributed by atoms with van der Waals surface area (Å²) in [6.07, 6.45) is -3.91. The molecule has 14 heteroatoms. The molecule has 2 N–H and O–H groups in total. The molecule has 0 spiro atoms. The van der Waals surface area contributed by atoms with Gasteiger partial charge in [0.2, 0.25) is 11.8 Å². The molecule has 2 amide bonds. The highest BCUT2D eigenvalue weighted by molar-refractivity contribution is 8.01. The first-order valence-corrected chi connectivity index (χ1v) is 18.8. The predicted molar refractivity (Wildman–Crippen MR) is 202 cm³/mol. The van der Waals surface area contributed by atoms with Crippen molar-refractivity contribution in [2.45, 2.75) is 28.6 Å². The van der Waals surface area contributed by atoms with E-state index in [4.69, 9.17) is 0 Å². The average molecular weight is 755 g/mol. The van der Waals surface area contributed by atoms with Gasteiger partial charge in [-0.15, -0.1) is 21.5 Å². The van der Waals surface area contributed by atoms with E-state index < -0.39 is 17.6 Å². The van der Waals surface area contributed by atoms with Crippen molar-refractivity contribution in [2.75, 3.05) is 22.1 Å². The molecule has 0 saturated carbocycles.